The molecular formula is C20H18FN3O4S. The highest BCUT2D eigenvalue weighted by Gasteiger charge is 2.25. The lowest BCUT2D eigenvalue weighted by atomic mass is 10.0. The molecule has 0 unspecified atom stereocenters. The van der Waals surface area contributed by atoms with E-state index in [-0.39, 0.29) is 28.8 Å². The molecule has 0 fully saturated rings. The van der Waals surface area contributed by atoms with Crippen LogP contribution in [0.15, 0.2) is 40.8 Å². The maximum atomic E-state index is 13.3. The predicted octanol–water partition coefficient (Wildman–Crippen LogP) is 3.13. The molecule has 3 heterocycles. The van der Waals surface area contributed by atoms with Crippen molar-refractivity contribution in [1.29, 1.82) is 0 Å². The number of rotatable bonds is 3. The summed E-state index contributed by atoms with van der Waals surface area (Å²) in [6.07, 6.45) is 5.14. The van der Waals surface area contributed by atoms with Crippen LogP contribution in [0.5, 0.6) is 0 Å². The van der Waals surface area contributed by atoms with E-state index < -0.39 is 16.7 Å². The number of allylic oxidation sites excluding steroid dienone is 1. The predicted molar refractivity (Wildman–Crippen MR) is 109 cm³/mol. The number of benzene rings is 1. The second-order valence-electron chi connectivity index (χ2n) is 6.55. The standard InChI is InChI=1S/C20H18FN3O4S/c1-22-19(25)16-15-11-13-5-3-2-4-10-24(29(26)27)18(13)23-20(15)28-17(16)12-6-8-14(21)9-7-12/h3,5-9,11,29H,2,4,10H2,1H3,(H,22,25)/b5-3-. The summed E-state index contributed by atoms with van der Waals surface area (Å²) in [5, 5.41) is 3.04. The number of halogens is 1. The minimum Gasteiger partial charge on any atom is -0.437 e. The minimum atomic E-state index is -2.88. The Hall–Kier alpha value is -3.20. The Labute approximate surface area is 167 Å². The lowest BCUT2D eigenvalue weighted by Gasteiger charge is -2.19. The molecule has 0 atom stereocenters. The van der Waals surface area contributed by atoms with Crippen molar-refractivity contribution in [2.24, 2.45) is 0 Å². The summed E-state index contributed by atoms with van der Waals surface area (Å²) in [4.78, 5) is 17.0. The first-order valence-electron chi connectivity index (χ1n) is 9.03. The van der Waals surface area contributed by atoms with Gasteiger partial charge in [0.25, 0.3) is 5.91 Å². The number of thiol groups is 1. The summed E-state index contributed by atoms with van der Waals surface area (Å²) in [7, 11) is -1.38. The minimum absolute atomic E-state index is 0.137. The molecule has 150 valence electrons. The van der Waals surface area contributed by atoms with Crippen LogP contribution in [0.2, 0.25) is 0 Å². The van der Waals surface area contributed by atoms with Crippen molar-refractivity contribution in [2.75, 3.05) is 17.9 Å². The highest BCUT2D eigenvalue weighted by atomic mass is 32.2. The van der Waals surface area contributed by atoms with E-state index in [1.165, 1.54) is 35.6 Å². The number of nitrogens with zero attached hydrogens (tertiary/aromatic N) is 2. The van der Waals surface area contributed by atoms with Gasteiger partial charge in [-0.05, 0) is 43.2 Å². The Morgan fingerprint density at radius 2 is 2.03 bits per heavy atom. The van der Waals surface area contributed by atoms with Gasteiger partial charge in [-0.2, -0.15) is 4.98 Å². The molecule has 29 heavy (non-hydrogen) atoms. The third kappa shape index (κ3) is 3.49. The summed E-state index contributed by atoms with van der Waals surface area (Å²) < 4.78 is 44.0. The number of hydrogen-bond acceptors (Lipinski definition) is 5. The van der Waals surface area contributed by atoms with Gasteiger partial charge in [0, 0.05) is 24.7 Å². The van der Waals surface area contributed by atoms with Crippen LogP contribution in [0.3, 0.4) is 0 Å². The summed E-state index contributed by atoms with van der Waals surface area (Å²) in [6.45, 7) is 0.308. The van der Waals surface area contributed by atoms with Crippen molar-refractivity contribution in [3.05, 3.63) is 53.4 Å². The zero-order chi connectivity index (χ0) is 20.5. The number of pyridine rings is 1. The van der Waals surface area contributed by atoms with Crippen molar-refractivity contribution in [1.82, 2.24) is 10.3 Å². The van der Waals surface area contributed by atoms with Gasteiger partial charge in [-0.25, -0.2) is 12.8 Å². The number of carbonyl (C=O) groups excluding carboxylic acids is 1. The first-order valence-corrected chi connectivity index (χ1v) is 10.2. The molecular weight excluding hydrogens is 397 g/mol. The van der Waals surface area contributed by atoms with Crippen molar-refractivity contribution in [3.63, 3.8) is 0 Å². The van der Waals surface area contributed by atoms with Gasteiger partial charge in [0.1, 0.15) is 11.6 Å². The Morgan fingerprint density at radius 3 is 2.72 bits per heavy atom. The number of amides is 1. The first kappa shape index (κ1) is 19.1. The molecule has 1 aliphatic rings. The normalized spacial score (nSPS) is 15.1. The van der Waals surface area contributed by atoms with E-state index in [2.05, 4.69) is 10.3 Å². The van der Waals surface area contributed by atoms with Gasteiger partial charge in [0.2, 0.25) is 16.6 Å². The molecule has 0 bridgehead atoms. The number of hydrogen-bond donors (Lipinski definition) is 2. The van der Waals surface area contributed by atoms with Gasteiger partial charge in [-0.3, -0.25) is 9.10 Å². The smallest absolute Gasteiger partial charge is 0.255 e. The molecule has 0 aliphatic carbocycles. The SMILES string of the molecule is CNC(=O)c1c(-c2ccc(F)cc2)oc2nc3c(cc12)/C=C\CCCN3[SH](=O)=O. The average Bonchev–Trinajstić information content (AvgIpc) is 3.06. The van der Waals surface area contributed by atoms with Crippen LogP contribution < -0.4 is 9.62 Å². The Balaban J connectivity index is 2.01. The van der Waals surface area contributed by atoms with Gasteiger partial charge in [-0.15, -0.1) is 0 Å². The molecule has 3 aromatic rings. The summed E-state index contributed by atoms with van der Waals surface area (Å²) in [6, 6.07) is 7.27. The molecule has 4 rings (SSSR count). The van der Waals surface area contributed by atoms with Crippen LogP contribution in [-0.2, 0) is 10.9 Å². The van der Waals surface area contributed by atoms with Crippen LogP contribution in [0.1, 0.15) is 28.8 Å². The second-order valence-corrected chi connectivity index (χ2v) is 7.51. The van der Waals surface area contributed by atoms with E-state index in [9.17, 15) is 17.6 Å². The fourth-order valence-electron chi connectivity index (χ4n) is 3.35. The Kier molecular flexibility index (Phi) is 5.06. The van der Waals surface area contributed by atoms with E-state index in [0.29, 0.717) is 29.5 Å². The molecule has 1 aromatic carbocycles. The van der Waals surface area contributed by atoms with Gasteiger partial charge < -0.3 is 9.73 Å². The third-order valence-electron chi connectivity index (χ3n) is 4.73. The number of aromatic nitrogens is 1. The largest absolute Gasteiger partial charge is 0.437 e. The highest BCUT2D eigenvalue weighted by molar-refractivity contribution is 7.74. The number of fused-ring (bicyclic) bond motifs is 2. The van der Waals surface area contributed by atoms with Crippen LogP contribution in [-0.4, -0.2) is 32.9 Å². The van der Waals surface area contributed by atoms with Crippen molar-refractivity contribution < 1.29 is 22.0 Å². The van der Waals surface area contributed by atoms with Crippen LogP contribution in [0.4, 0.5) is 10.2 Å². The lowest BCUT2D eigenvalue weighted by Crippen LogP contribution is -2.25. The molecule has 1 aliphatic heterocycles. The zero-order valence-electron chi connectivity index (χ0n) is 15.5. The third-order valence-corrected chi connectivity index (χ3v) is 5.51. The molecule has 9 heteroatoms. The fraction of sp³-hybridized carbons (Fsp3) is 0.200. The molecule has 2 aromatic heterocycles. The first-order chi connectivity index (χ1) is 14.0. The van der Waals surface area contributed by atoms with Gasteiger partial charge in [0.15, 0.2) is 5.82 Å². The molecule has 1 amide bonds. The molecule has 0 radical (unpaired) electrons. The molecule has 0 spiro atoms. The van der Waals surface area contributed by atoms with Crippen molar-refractivity contribution >= 4 is 39.8 Å². The second kappa shape index (κ2) is 7.67. The molecule has 1 N–H and O–H groups in total. The van der Waals surface area contributed by atoms with Crippen LogP contribution in [0, 0.1) is 5.82 Å². The summed E-state index contributed by atoms with van der Waals surface area (Å²) in [5.41, 5.74) is 1.49. The van der Waals surface area contributed by atoms with Gasteiger partial charge in [-0.1, -0.05) is 12.2 Å². The number of nitrogens with one attached hydrogen (secondary N) is 1. The lowest BCUT2D eigenvalue weighted by molar-refractivity contribution is 0.0964. The summed E-state index contributed by atoms with van der Waals surface area (Å²) in [5.74, 6) is -0.293. The van der Waals surface area contributed by atoms with E-state index in [1.807, 2.05) is 6.08 Å². The van der Waals surface area contributed by atoms with Crippen LogP contribution >= 0.6 is 0 Å². The molecule has 7 nitrogen and oxygen atoms in total. The highest BCUT2D eigenvalue weighted by Crippen LogP contribution is 2.36. The van der Waals surface area contributed by atoms with Crippen molar-refractivity contribution in [2.45, 2.75) is 12.8 Å². The van der Waals surface area contributed by atoms with E-state index >= 15 is 0 Å². The number of anilines is 1. The van der Waals surface area contributed by atoms with E-state index in [4.69, 9.17) is 4.42 Å². The van der Waals surface area contributed by atoms with Crippen LogP contribution in [0.25, 0.3) is 28.5 Å². The van der Waals surface area contributed by atoms with E-state index in [1.54, 1.807) is 12.1 Å². The fourth-order valence-corrected chi connectivity index (χ4v) is 3.97. The van der Waals surface area contributed by atoms with E-state index in [0.717, 1.165) is 6.42 Å². The average molecular weight is 415 g/mol. The van der Waals surface area contributed by atoms with Crippen molar-refractivity contribution in [3.8, 4) is 11.3 Å². The zero-order valence-corrected chi connectivity index (χ0v) is 16.4. The number of carbonyl (C=O) groups is 1. The number of furan rings is 1. The quantitative estimate of drug-likeness (QED) is 0.641. The maximum Gasteiger partial charge on any atom is 0.255 e. The molecule has 0 saturated heterocycles. The topological polar surface area (TPSA) is 92.5 Å². The Bertz CT molecular complexity index is 1190. The van der Waals surface area contributed by atoms with Gasteiger partial charge >= 0.3 is 0 Å². The summed E-state index contributed by atoms with van der Waals surface area (Å²) >= 11 is 0. The van der Waals surface area contributed by atoms with Gasteiger partial charge in [0.05, 0.1) is 10.9 Å². The Morgan fingerprint density at radius 1 is 1.28 bits per heavy atom. The monoisotopic (exact) mass is 415 g/mol. The maximum absolute atomic E-state index is 13.3. The molecule has 0 saturated carbocycles.